The maximum Gasteiger partial charge on any atom is 0.179 e. The van der Waals surface area contributed by atoms with Crippen LogP contribution in [0.3, 0.4) is 0 Å². The first-order chi connectivity index (χ1) is 10.6. The van der Waals surface area contributed by atoms with Gasteiger partial charge in [0.25, 0.3) is 0 Å². The summed E-state index contributed by atoms with van der Waals surface area (Å²) in [6.07, 6.45) is 0. The second-order valence-electron chi connectivity index (χ2n) is 6.59. The van der Waals surface area contributed by atoms with Crippen LogP contribution in [0.4, 0.5) is 5.69 Å². The lowest BCUT2D eigenvalue weighted by atomic mass is 10.0. The Hall–Kier alpha value is -1.72. The molecular weight excluding hydrogens is 334 g/mol. The molecule has 2 rings (SSSR count). The fourth-order valence-corrected chi connectivity index (χ4v) is 4.23. The van der Waals surface area contributed by atoms with Crippen molar-refractivity contribution in [2.75, 3.05) is 11.5 Å². The molecule has 6 heteroatoms. The lowest BCUT2D eigenvalue weighted by Crippen LogP contribution is -2.20. The third-order valence-corrected chi connectivity index (χ3v) is 5.48. The van der Waals surface area contributed by atoms with E-state index in [9.17, 15) is 8.42 Å². The zero-order valence-electron chi connectivity index (χ0n) is 13.3. The van der Waals surface area contributed by atoms with E-state index < -0.39 is 9.84 Å². The molecule has 23 heavy (non-hydrogen) atoms. The Bertz CT molecular complexity index is 811. The van der Waals surface area contributed by atoms with Gasteiger partial charge in [0.2, 0.25) is 0 Å². The van der Waals surface area contributed by atoms with Crippen LogP contribution in [0.2, 0.25) is 5.02 Å². The fraction of sp³-hybridized carbons (Fsp3) is 0.294. The molecule has 0 saturated heterocycles. The zero-order chi connectivity index (χ0) is 17.3. The monoisotopic (exact) mass is 353 g/mol. The predicted molar refractivity (Wildman–Crippen MR) is 93.9 cm³/mol. The van der Waals surface area contributed by atoms with Crippen LogP contribution in [0.15, 0.2) is 47.4 Å². The van der Waals surface area contributed by atoms with Crippen molar-refractivity contribution in [1.82, 2.24) is 0 Å². The molecule has 0 spiro atoms. The normalized spacial score (nSPS) is 12.2. The summed E-state index contributed by atoms with van der Waals surface area (Å²) in [5.74, 6) is 0.893. The molecule has 4 nitrogen and oxygen atoms in total. The third-order valence-electron chi connectivity index (χ3n) is 2.97. The van der Waals surface area contributed by atoms with Crippen molar-refractivity contribution in [3.63, 3.8) is 0 Å². The van der Waals surface area contributed by atoms with E-state index in [-0.39, 0.29) is 16.1 Å². The number of halogens is 1. The molecule has 2 N–H and O–H groups in total. The summed E-state index contributed by atoms with van der Waals surface area (Å²) in [6.45, 7) is 5.66. The maximum absolute atomic E-state index is 12.5. The molecule has 0 unspecified atom stereocenters. The van der Waals surface area contributed by atoms with Gasteiger partial charge >= 0.3 is 0 Å². The molecule has 0 aliphatic rings. The first kappa shape index (κ1) is 17.6. The van der Waals surface area contributed by atoms with E-state index >= 15 is 0 Å². The van der Waals surface area contributed by atoms with Gasteiger partial charge < -0.3 is 10.5 Å². The predicted octanol–water partition coefficient (Wildman–Crippen LogP) is 4.53. The lowest BCUT2D eigenvalue weighted by molar-refractivity contribution is 0.460. The Labute approximate surface area is 142 Å². The van der Waals surface area contributed by atoms with Crippen LogP contribution in [0.5, 0.6) is 11.5 Å². The van der Waals surface area contributed by atoms with Crippen molar-refractivity contribution < 1.29 is 13.2 Å². The molecule has 0 heterocycles. The molecule has 0 aromatic heterocycles. The molecule has 0 saturated carbocycles. The zero-order valence-corrected chi connectivity index (χ0v) is 14.9. The molecule has 0 radical (unpaired) electrons. The average Bonchev–Trinajstić information content (AvgIpc) is 2.40. The van der Waals surface area contributed by atoms with Gasteiger partial charge in [-0.2, -0.15) is 0 Å². The topological polar surface area (TPSA) is 69.4 Å². The third kappa shape index (κ3) is 4.88. The van der Waals surface area contributed by atoms with E-state index in [0.717, 1.165) is 0 Å². The van der Waals surface area contributed by atoms with Gasteiger partial charge in [-0.25, -0.2) is 8.42 Å². The van der Waals surface area contributed by atoms with E-state index in [2.05, 4.69) is 0 Å². The molecule has 2 aromatic rings. The first-order valence-corrected chi connectivity index (χ1v) is 9.16. The highest BCUT2D eigenvalue weighted by Gasteiger charge is 2.23. The smallest absolute Gasteiger partial charge is 0.179 e. The molecule has 2 aromatic carbocycles. The van der Waals surface area contributed by atoms with Crippen molar-refractivity contribution in [1.29, 1.82) is 0 Å². The second kappa shape index (κ2) is 6.42. The number of hydrogen-bond acceptors (Lipinski definition) is 4. The van der Waals surface area contributed by atoms with E-state index in [1.54, 1.807) is 36.4 Å². The van der Waals surface area contributed by atoms with Gasteiger partial charge in [0.05, 0.1) is 15.7 Å². The van der Waals surface area contributed by atoms with Gasteiger partial charge in [-0.1, -0.05) is 38.4 Å². The van der Waals surface area contributed by atoms with Crippen LogP contribution >= 0.6 is 11.6 Å². The first-order valence-electron chi connectivity index (χ1n) is 7.12. The number of nitrogens with two attached hydrogens (primary N) is 1. The molecule has 0 atom stereocenters. The van der Waals surface area contributed by atoms with Crippen molar-refractivity contribution in [3.8, 4) is 11.5 Å². The summed E-state index contributed by atoms with van der Waals surface area (Å²) >= 11 is 6.07. The highest BCUT2D eigenvalue weighted by molar-refractivity contribution is 7.91. The van der Waals surface area contributed by atoms with Crippen molar-refractivity contribution in [2.45, 2.75) is 25.7 Å². The molecule has 0 bridgehead atoms. The highest BCUT2D eigenvalue weighted by Crippen LogP contribution is 2.32. The Morgan fingerprint density at radius 1 is 1.13 bits per heavy atom. The van der Waals surface area contributed by atoms with Crippen molar-refractivity contribution >= 4 is 27.1 Å². The number of anilines is 1. The van der Waals surface area contributed by atoms with Crippen molar-refractivity contribution in [3.05, 3.63) is 47.5 Å². The Morgan fingerprint density at radius 3 is 2.43 bits per heavy atom. The van der Waals surface area contributed by atoms with E-state index in [4.69, 9.17) is 22.1 Å². The number of sulfone groups is 1. The van der Waals surface area contributed by atoms with E-state index in [0.29, 0.717) is 22.2 Å². The number of hydrogen-bond donors (Lipinski definition) is 1. The van der Waals surface area contributed by atoms with E-state index in [1.807, 2.05) is 20.8 Å². The summed E-state index contributed by atoms with van der Waals surface area (Å²) in [5.41, 5.74) is 5.85. The standard InChI is InChI=1S/C17H20ClNO3S/c1-17(2,3)11-23(20,21)14-6-4-5-13(10-14)22-16-8-7-12(19)9-15(16)18/h4-10H,11,19H2,1-3H3. The summed E-state index contributed by atoms with van der Waals surface area (Å²) in [4.78, 5) is 0.233. The second-order valence-corrected chi connectivity index (χ2v) is 8.98. The number of rotatable bonds is 4. The maximum atomic E-state index is 12.5. The minimum atomic E-state index is -3.38. The van der Waals surface area contributed by atoms with Gasteiger partial charge in [-0.3, -0.25) is 0 Å². The average molecular weight is 354 g/mol. The Kier molecular flexibility index (Phi) is 4.92. The van der Waals surface area contributed by atoms with Crippen LogP contribution in [-0.2, 0) is 9.84 Å². The van der Waals surface area contributed by atoms with Crippen LogP contribution in [0.1, 0.15) is 20.8 Å². The van der Waals surface area contributed by atoms with Crippen LogP contribution in [0.25, 0.3) is 0 Å². The highest BCUT2D eigenvalue weighted by atomic mass is 35.5. The van der Waals surface area contributed by atoms with Crippen molar-refractivity contribution in [2.24, 2.45) is 5.41 Å². The molecule has 0 amide bonds. The Balaban J connectivity index is 2.30. The van der Waals surface area contributed by atoms with Gasteiger partial charge in [-0.15, -0.1) is 0 Å². The fourth-order valence-electron chi connectivity index (χ4n) is 2.11. The van der Waals surface area contributed by atoms with Gasteiger partial charge in [0.15, 0.2) is 9.84 Å². The SMILES string of the molecule is CC(C)(C)CS(=O)(=O)c1cccc(Oc2ccc(N)cc2Cl)c1. The molecule has 124 valence electrons. The van der Waals surface area contributed by atoms with Gasteiger partial charge in [-0.05, 0) is 41.8 Å². The number of nitrogen functional groups attached to an aromatic ring is 1. The Morgan fingerprint density at radius 2 is 1.83 bits per heavy atom. The summed E-state index contributed by atoms with van der Waals surface area (Å²) in [6, 6.07) is 11.3. The minimum Gasteiger partial charge on any atom is -0.456 e. The van der Waals surface area contributed by atoms with Gasteiger partial charge in [0, 0.05) is 5.69 Å². The molecule has 0 fully saturated rings. The molecule has 0 aliphatic heterocycles. The summed E-state index contributed by atoms with van der Waals surface area (Å²) in [7, 11) is -3.38. The molecule has 0 aliphatic carbocycles. The quantitative estimate of drug-likeness (QED) is 0.819. The largest absolute Gasteiger partial charge is 0.456 e. The van der Waals surface area contributed by atoms with Crippen LogP contribution in [-0.4, -0.2) is 14.2 Å². The van der Waals surface area contributed by atoms with Gasteiger partial charge in [0.1, 0.15) is 11.5 Å². The summed E-state index contributed by atoms with van der Waals surface area (Å²) in [5, 5.41) is 0.368. The number of benzene rings is 2. The summed E-state index contributed by atoms with van der Waals surface area (Å²) < 4.78 is 30.6. The lowest BCUT2D eigenvalue weighted by Gasteiger charge is -2.18. The van der Waals surface area contributed by atoms with E-state index in [1.165, 1.54) is 6.07 Å². The molecular formula is C17H20ClNO3S. The number of ether oxygens (including phenoxy) is 1. The van der Waals surface area contributed by atoms with Crippen LogP contribution in [0, 0.1) is 5.41 Å². The minimum absolute atomic E-state index is 0.0616. The van der Waals surface area contributed by atoms with Crippen LogP contribution < -0.4 is 10.5 Å².